The SMILES string of the molecule is CC(=O)/C=C(/C)O.Cc1c[c-]c(-c2nccc3c2sc2cc4c(c(C)c23)CCCC4)cc1.[Ir]. The number of aromatic nitrogens is 1. The standard InChI is InChI=1S/C23H20NS.C5H8O2.Ir/c1-14-7-9-16(10-8-14)22-23-19(11-12-24-22)21-15(2)18-6-4-3-5-17(18)13-20(21)25-23;1-4(6)3-5(2)7;/h7-9,11-13H,3-6H2,1-2H3;3,6H,1-2H3;/q-1;;/b;4-3-;. The minimum atomic E-state index is -0.125. The number of aliphatic hydroxyl groups excluding tert-OH is 1. The van der Waals surface area contributed by atoms with Gasteiger partial charge < -0.3 is 10.1 Å². The Bertz CT molecular complexity index is 1330. The third kappa shape index (κ3) is 5.43. The summed E-state index contributed by atoms with van der Waals surface area (Å²) in [5.74, 6) is -0.0625. The van der Waals surface area contributed by atoms with Crippen LogP contribution in [0.4, 0.5) is 0 Å². The maximum atomic E-state index is 10.0. The number of benzene rings is 2. The van der Waals surface area contributed by atoms with Gasteiger partial charge in [-0.15, -0.1) is 46.7 Å². The number of rotatable bonds is 2. The maximum Gasteiger partial charge on any atom is 0.155 e. The molecule has 1 aliphatic rings. The van der Waals surface area contributed by atoms with Gasteiger partial charge >= 0.3 is 0 Å². The molecule has 0 aliphatic heterocycles. The molecule has 173 valence electrons. The number of ketones is 1. The number of hydrogen-bond donors (Lipinski definition) is 1. The van der Waals surface area contributed by atoms with E-state index in [1.165, 1.54) is 76.9 Å². The number of allylic oxidation sites excluding steroid dienone is 2. The maximum absolute atomic E-state index is 10.0. The first kappa shape index (κ1) is 25.3. The van der Waals surface area contributed by atoms with Crippen LogP contribution in [0.25, 0.3) is 31.4 Å². The number of hydrogen-bond acceptors (Lipinski definition) is 4. The molecule has 2 aromatic heterocycles. The second-order valence-electron chi connectivity index (χ2n) is 8.53. The van der Waals surface area contributed by atoms with Gasteiger partial charge in [0.2, 0.25) is 0 Å². The number of aryl methyl sites for hydroxylation is 3. The number of carbonyl (C=O) groups is 1. The molecule has 1 aliphatic carbocycles. The van der Waals surface area contributed by atoms with Gasteiger partial charge in [0.25, 0.3) is 0 Å². The van der Waals surface area contributed by atoms with Crippen LogP contribution in [0.5, 0.6) is 0 Å². The Hall–Kier alpha value is -2.33. The predicted molar refractivity (Wildman–Crippen MR) is 135 cm³/mol. The molecule has 0 unspecified atom stereocenters. The minimum absolute atomic E-state index is 0. The Kier molecular flexibility index (Phi) is 8.23. The van der Waals surface area contributed by atoms with Crippen molar-refractivity contribution in [2.45, 2.75) is 53.4 Å². The molecule has 5 rings (SSSR count). The summed E-state index contributed by atoms with van der Waals surface area (Å²) >= 11 is 1.89. The van der Waals surface area contributed by atoms with E-state index in [4.69, 9.17) is 10.1 Å². The average molecular weight is 635 g/mol. The van der Waals surface area contributed by atoms with Crippen LogP contribution in [-0.2, 0) is 37.7 Å². The van der Waals surface area contributed by atoms with Crippen LogP contribution in [0.3, 0.4) is 0 Å². The second-order valence-corrected chi connectivity index (χ2v) is 9.59. The van der Waals surface area contributed by atoms with Crippen molar-refractivity contribution in [3.63, 3.8) is 0 Å². The first-order chi connectivity index (χ1) is 15.3. The van der Waals surface area contributed by atoms with E-state index in [-0.39, 0.29) is 31.6 Å². The molecule has 0 saturated carbocycles. The van der Waals surface area contributed by atoms with Gasteiger partial charge in [-0.3, -0.25) is 4.79 Å². The van der Waals surface area contributed by atoms with Gasteiger partial charge in [0.1, 0.15) is 0 Å². The van der Waals surface area contributed by atoms with Crippen molar-refractivity contribution in [2.24, 2.45) is 0 Å². The Morgan fingerprint density at radius 1 is 1.15 bits per heavy atom. The summed E-state index contributed by atoms with van der Waals surface area (Å²) < 4.78 is 2.71. The Balaban J connectivity index is 0.000000337. The Labute approximate surface area is 212 Å². The van der Waals surface area contributed by atoms with Gasteiger partial charge in [-0.2, -0.15) is 0 Å². The summed E-state index contributed by atoms with van der Waals surface area (Å²) in [5, 5.41) is 11.2. The topological polar surface area (TPSA) is 50.2 Å². The molecule has 4 aromatic rings. The largest absolute Gasteiger partial charge is 0.512 e. The van der Waals surface area contributed by atoms with Crippen molar-refractivity contribution in [2.75, 3.05) is 0 Å². The monoisotopic (exact) mass is 635 g/mol. The summed E-state index contributed by atoms with van der Waals surface area (Å²) in [4.78, 5) is 14.7. The van der Waals surface area contributed by atoms with Crippen molar-refractivity contribution in [1.82, 2.24) is 4.98 Å². The molecule has 0 spiro atoms. The molecular formula is C28H28IrNO2S-. The number of aliphatic hydroxyl groups is 1. The fourth-order valence-corrected chi connectivity index (χ4v) is 5.82. The molecule has 2 heterocycles. The number of nitrogens with zero attached hydrogens (tertiary/aromatic N) is 1. The first-order valence-corrected chi connectivity index (χ1v) is 11.9. The van der Waals surface area contributed by atoms with Crippen molar-refractivity contribution >= 4 is 37.3 Å². The van der Waals surface area contributed by atoms with Gasteiger partial charge in [-0.1, -0.05) is 6.92 Å². The molecule has 0 atom stereocenters. The first-order valence-electron chi connectivity index (χ1n) is 11.0. The van der Waals surface area contributed by atoms with E-state index in [2.05, 4.69) is 44.2 Å². The van der Waals surface area contributed by atoms with Crippen LogP contribution in [0.1, 0.15) is 48.9 Å². The number of fused-ring (bicyclic) bond motifs is 4. The van der Waals surface area contributed by atoms with Crippen LogP contribution >= 0.6 is 11.3 Å². The van der Waals surface area contributed by atoms with Gasteiger partial charge in [0, 0.05) is 52.9 Å². The van der Waals surface area contributed by atoms with Crippen molar-refractivity contribution in [3.8, 4) is 11.3 Å². The van der Waals surface area contributed by atoms with Crippen LogP contribution in [0.2, 0.25) is 0 Å². The molecule has 3 nitrogen and oxygen atoms in total. The summed E-state index contributed by atoms with van der Waals surface area (Å²) in [6.45, 7) is 7.26. The Morgan fingerprint density at radius 2 is 1.91 bits per heavy atom. The van der Waals surface area contributed by atoms with E-state index in [1.54, 1.807) is 11.1 Å². The van der Waals surface area contributed by atoms with Crippen LogP contribution < -0.4 is 0 Å². The third-order valence-corrected chi connectivity index (χ3v) is 7.07. The summed E-state index contributed by atoms with van der Waals surface area (Å²) in [6.07, 6.45) is 8.24. The molecule has 2 aromatic carbocycles. The molecule has 1 N–H and O–H groups in total. The summed E-state index contributed by atoms with van der Waals surface area (Å²) in [7, 11) is 0. The molecule has 5 heteroatoms. The molecule has 0 saturated heterocycles. The molecule has 0 bridgehead atoms. The molecule has 0 amide bonds. The normalized spacial score (nSPS) is 13.2. The van der Waals surface area contributed by atoms with Crippen LogP contribution in [-0.4, -0.2) is 15.9 Å². The van der Waals surface area contributed by atoms with E-state index < -0.39 is 0 Å². The van der Waals surface area contributed by atoms with Gasteiger partial charge in [-0.25, -0.2) is 0 Å². The van der Waals surface area contributed by atoms with E-state index >= 15 is 0 Å². The van der Waals surface area contributed by atoms with E-state index in [9.17, 15) is 4.79 Å². The Morgan fingerprint density at radius 3 is 2.55 bits per heavy atom. The molecular weight excluding hydrogens is 607 g/mol. The average Bonchev–Trinajstić information content (AvgIpc) is 3.13. The smallest absolute Gasteiger partial charge is 0.155 e. The van der Waals surface area contributed by atoms with Crippen LogP contribution in [0.15, 0.2) is 48.4 Å². The number of thiophene rings is 1. The predicted octanol–water partition coefficient (Wildman–Crippen LogP) is 7.45. The summed E-state index contributed by atoms with van der Waals surface area (Å²) in [5.41, 5.74) is 8.04. The van der Waals surface area contributed by atoms with Crippen molar-refractivity contribution < 1.29 is 30.0 Å². The zero-order valence-electron chi connectivity index (χ0n) is 19.4. The van der Waals surface area contributed by atoms with Gasteiger partial charge in [0.15, 0.2) is 5.78 Å². The van der Waals surface area contributed by atoms with Gasteiger partial charge in [0.05, 0.1) is 5.76 Å². The van der Waals surface area contributed by atoms with Crippen LogP contribution in [0, 0.1) is 19.9 Å². The van der Waals surface area contributed by atoms with E-state index in [1.807, 2.05) is 23.6 Å². The third-order valence-electron chi connectivity index (χ3n) is 5.91. The molecule has 0 fully saturated rings. The zero-order valence-corrected chi connectivity index (χ0v) is 22.6. The molecule has 1 radical (unpaired) electrons. The van der Waals surface area contributed by atoms with E-state index in [0.29, 0.717) is 0 Å². The van der Waals surface area contributed by atoms with E-state index in [0.717, 1.165) is 11.3 Å². The minimum Gasteiger partial charge on any atom is -0.512 e. The number of pyridine rings is 1. The quantitative estimate of drug-likeness (QED) is 0.142. The van der Waals surface area contributed by atoms with Crippen molar-refractivity contribution in [1.29, 1.82) is 0 Å². The fourth-order valence-electron chi connectivity index (χ4n) is 4.49. The van der Waals surface area contributed by atoms with Crippen molar-refractivity contribution in [3.05, 3.63) is 76.7 Å². The van der Waals surface area contributed by atoms with Gasteiger partial charge in [-0.05, 0) is 80.7 Å². The zero-order chi connectivity index (χ0) is 22.8. The second kappa shape index (κ2) is 10.7. The number of carbonyl (C=O) groups excluding carboxylic acids is 1. The molecule has 33 heavy (non-hydrogen) atoms. The fraction of sp³-hybridized carbons (Fsp3) is 0.286. The summed E-state index contributed by atoms with van der Waals surface area (Å²) in [6, 6.07) is 14.4.